The molecule has 0 radical (unpaired) electrons. The Hall–Kier alpha value is -4.20. The van der Waals surface area contributed by atoms with Crippen molar-refractivity contribution in [2.24, 2.45) is 0 Å². The molecule has 0 fully saturated rings. The van der Waals surface area contributed by atoms with Crippen LogP contribution in [0.5, 0.6) is 0 Å². The summed E-state index contributed by atoms with van der Waals surface area (Å²) in [5, 5.41) is 15.9. The van der Waals surface area contributed by atoms with E-state index < -0.39 is 0 Å². The summed E-state index contributed by atoms with van der Waals surface area (Å²) in [5.74, 6) is 1.88. The summed E-state index contributed by atoms with van der Waals surface area (Å²) >= 11 is 0. The maximum absolute atomic E-state index is 13.0. The molecule has 4 heterocycles. The third kappa shape index (κ3) is 3.71. The fourth-order valence-electron chi connectivity index (χ4n) is 3.44. The van der Waals surface area contributed by atoms with Gasteiger partial charge in [-0.3, -0.25) is 9.20 Å². The van der Waals surface area contributed by atoms with Gasteiger partial charge in [0.25, 0.3) is 5.91 Å². The van der Waals surface area contributed by atoms with E-state index >= 15 is 0 Å². The fourth-order valence-corrected chi connectivity index (χ4v) is 3.44. The number of pyridine rings is 1. The Morgan fingerprint density at radius 1 is 1.03 bits per heavy atom. The SMILES string of the molecule is Cc1ccc(-c2nn(-c3ccccc3)cc2C(=O)NCCc2nnc3ccccn23)o1. The number of rotatable bonds is 6. The summed E-state index contributed by atoms with van der Waals surface area (Å²) in [5.41, 5.74) is 2.59. The normalized spacial score (nSPS) is 11.1. The predicted molar refractivity (Wildman–Crippen MR) is 115 cm³/mol. The lowest BCUT2D eigenvalue weighted by atomic mass is 10.2. The summed E-state index contributed by atoms with van der Waals surface area (Å²) < 4.78 is 9.35. The van der Waals surface area contributed by atoms with Crippen LogP contribution in [-0.2, 0) is 6.42 Å². The number of furan rings is 1. The second-order valence-corrected chi connectivity index (χ2v) is 7.13. The number of carbonyl (C=O) groups is 1. The molecule has 1 aromatic carbocycles. The molecule has 31 heavy (non-hydrogen) atoms. The summed E-state index contributed by atoms with van der Waals surface area (Å²) in [4.78, 5) is 13.0. The van der Waals surface area contributed by atoms with Gasteiger partial charge in [0.1, 0.15) is 17.3 Å². The van der Waals surface area contributed by atoms with Gasteiger partial charge in [-0.2, -0.15) is 5.10 Å². The van der Waals surface area contributed by atoms with Gasteiger partial charge in [-0.05, 0) is 43.3 Å². The summed E-state index contributed by atoms with van der Waals surface area (Å²) in [6.07, 6.45) is 4.19. The van der Waals surface area contributed by atoms with Crippen LogP contribution in [0.15, 0.2) is 77.5 Å². The number of benzene rings is 1. The van der Waals surface area contributed by atoms with Crippen molar-refractivity contribution in [3.63, 3.8) is 0 Å². The van der Waals surface area contributed by atoms with Crippen LogP contribution < -0.4 is 5.32 Å². The molecule has 0 unspecified atom stereocenters. The van der Waals surface area contributed by atoms with Crippen molar-refractivity contribution < 1.29 is 9.21 Å². The van der Waals surface area contributed by atoms with E-state index in [0.29, 0.717) is 30.0 Å². The third-order valence-electron chi connectivity index (χ3n) is 4.97. The Morgan fingerprint density at radius 2 is 1.87 bits per heavy atom. The van der Waals surface area contributed by atoms with E-state index in [2.05, 4.69) is 20.6 Å². The Morgan fingerprint density at radius 3 is 2.68 bits per heavy atom. The van der Waals surface area contributed by atoms with Crippen LogP contribution in [-0.4, -0.2) is 36.8 Å². The van der Waals surface area contributed by atoms with Gasteiger partial charge in [-0.25, -0.2) is 4.68 Å². The number of para-hydroxylation sites is 1. The lowest BCUT2D eigenvalue weighted by molar-refractivity contribution is 0.0954. The summed E-state index contributed by atoms with van der Waals surface area (Å²) in [7, 11) is 0. The van der Waals surface area contributed by atoms with Crippen LogP contribution in [0.25, 0.3) is 22.8 Å². The Bertz CT molecular complexity index is 1350. The first-order valence-corrected chi connectivity index (χ1v) is 9.98. The molecule has 4 aromatic heterocycles. The molecule has 0 bridgehead atoms. The number of hydrogen-bond acceptors (Lipinski definition) is 5. The molecule has 0 saturated carbocycles. The van der Waals surface area contributed by atoms with E-state index in [0.717, 1.165) is 22.9 Å². The van der Waals surface area contributed by atoms with Crippen molar-refractivity contribution >= 4 is 11.6 Å². The number of fused-ring (bicyclic) bond motifs is 1. The first-order chi connectivity index (χ1) is 15.2. The van der Waals surface area contributed by atoms with E-state index in [1.54, 1.807) is 10.9 Å². The van der Waals surface area contributed by atoms with Crippen molar-refractivity contribution in [2.75, 3.05) is 6.54 Å². The zero-order chi connectivity index (χ0) is 21.2. The van der Waals surface area contributed by atoms with Crippen LogP contribution in [0.3, 0.4) is 0 Å². The molecular weight excluding hydrogens is 392 g/mol. The minimum Gasteiger partial charge on any atom is -0.460 e. The molecule has 154 valence electrons. The van der Waals surface area contributed by atoms with E-state index in [-0.39, 0.29) is 5.91 Å². The Kier molecular flexibility index (Phi) is 4.80. The van der Waals surface area contributed by atoms with Crippen molar-refractivity contribution in [1.29, 1.82) is 0 Å². The number of aryl methyl sites for hydroxylation is 1. The average molecular weight is 412 g/mol. The zero-order valence-corrected chi connectivity index (χ0v) is 16.9. The molecule has 8 heteroatoms. The molecule has 1 N–H and O–H groups in total. The van der Waals surface area contributed by atoms with Crippen LogP contribution in [0.2, 0.25) is 0 Å². The molecule has 0 aliphatic heterocycles. The highest BCUT2D eigenvalue weighted by molar-refractivity contribution is 5.99. The third-order valence-corrected chi connectivity index (χ3v) is 4.97. The number of aromatic nitrogens is 5. The van der Waals surface area contributed by atoms with Gasteiger partial charge in [-0.1, -0.05) is 24.3 Å². The Labute approximate surface area is 178 Å². The first-order valence-electron chi connectivity index (χ1n) is 9.98. The topological polar surface area (TPSA) is 90.2 Å². The Balaban J connectivity index is 1.39. The number of carbonyl (C=O) groups excluding carboxylic acids is 1. The lowest BCUT2D eigenvalue weighted by Gasteiger charge is -2.04. The predicted octanol–water partition coefficient (Wildman–Crippen LogP) is 3.46. The lowest BCUT2D eigenvalue weighted by Crippen LogP contribution is -2.26. The quantitative estimate of drug-likeness (QED) is 0.461. The van der Waals surface area contributed by atoms with Crippen molar-refractivity contribution in [3.05, 3.63) is 90.2 Å². The van der Waals surface area contributed by atoms with E-state index in [1.165, 1.54) is 0 Å². The summed E-state index contributed by atoms with van der Waals surface area (Å²) in [6, 6.07) is 19.1. The van der Waals surface area contributed by atoms with Crippen LogP contribution in [0.1, 0.15) is 21.9 Å². The van der Waals surface area contributed by atoms with Gasteiger partial charge in [-0.15, -0.1) is 10.2 Å². The van der Waals surface area contributed by atoms with E-state index in [9.17, 15) is 4.79 Å². The standard InChI is InChI=1S/C23H20N6O2/c1-16-10-11-19(31-16)22-18(15-29(27-22)17-7-3-2-4-8-17)23(30)24-13-12-21-26-25-20-9-5-6-14-28(20)21/h2-11,14-15H,12-13H2,1H3,(H,24,30). The van der Waals surface area contributed by atoms with Crippen molar-refractivity contribution in [1.82, 2.24) is 29.7 Å². The largest absolute Gasteiger partial charge is 0.460 e. The maximum Gasteiger partial charge on any atom is 0.255 e. The first kappa shape index (κ1) is 18.8. The van der Waals surface area contributed by atoms with Crippen LogP contribution >= 0.6 is 0 Å². The highest BCUT2D eigenvalue weighted by atomic mass is 16.3. The van der Waals surface area contributed by atoms with E-state index in [1.807, 2.05) is 78.2 Å². The van der Waals surface area contributed by atoms with Gasteiger partial charge in [0.2, 0.25) is 0 Å². The molecule has 0 aliphatic carbocycles. The smallest absolute Gasteiger partial charge is 0.255 e. The molecule has 0 aliphatic rings. The second kappa shape index (κ2) is 7.91. The molecule has 5 rings (SSSR count). The number of nitrogens with zero attached hydrogens (tertiary/aromatic N) is 5. The van der Waals surface area contributed by atoms with Crippen molar-refractivity contribution in [2.45, 2.75) is 13.3 Å². The number of hydrogen-bond donors (Lipinski definition) is 1. The molecule has 0 spiro atoms. The van der Waals surface area contributed by atoms with Gasteiger partial charge in [0, 0.05) is 25.4 Å². The molecule has 0 atom stereocenters. The van der Waals surface area contributed by atoms with Crippen LogP contribution in [0, 0.1) is 6.92 Å². The highest BCUT2D eigenvalue weighted by Crippen LogP contribution is 2.25. The zero-order valence-electron chi connectivity index (χ0n) is 16.9. The minimum absolute atomic E-state index is 0.222. The number of amides is 1. The monoisotopic (exact) mass is 412 g/mol. The molecule has 0 saturated heterocycles. The van der Waals surface area contributed by atoms with E-state index in [4.69, 9.17) is 4.42 Å². The summed E-state index contributed by atoms with van der Waals surface area (Å²) in [6.45, 7) is 2.28. The minimum atomic E-state index is -0.222. The van der Waals surface area contributed by atoms with Gasteiger partial charge in [0.05, 0.1) is 11.3 Å². The van der Waals surface area contributed by atoms with Crippen molar-refractivity contribution in [3.8, 4) is 17.1 Å². The molecule has 5 aromatic rings. The van der Waals surface area contributed by atoms with Gasteiger partial charge < -0.3 is 9.73 Å². The fraction of sp³-hybridized carbons (Fsp3) is 0.130. The molecular formula is C23H20N6O2. The average Bonchev–Trinajstić information content (AvgIpc) is 3.52. The highest BCUT2D eigenvalue weighted by Gasteiger charge is 2.21. The van der Waals surface area contributed by atoms with Gasteiger partial charge in [0.15, 0.2) is 11.4 Å². The molecule has 1 amide bonds. The van der Waals surface area contributed by atoms with Crippen LogP contribution in [0.4, 0.5) is 0 Å². The maximum atomic E-state index is 13.0. The number of nitrogens with one attached hydrogen (secondary N) is 1. The van der Waals surface area contributed by atoms with Gasteiger partial charge >= 0.3 is 0 Å². The molecule has 8 nitrogen and oxygen atoms in total. The second-order valence-electron chi connectivity index (χ2n) is 7.13.